The van der Waals surface area contributed by atoms with Gasteiger partial charge >= 0.3 is 24.0 Å². The molecule has 2 aromatic carbocycles. The van der Waals surface area contributed by atoms with Crippen LogP contribution in [0.4, 0.5) is 30.7 Å². The Balaban J connectivity index is 1.90. The van der Waals surface area contributed by atoms with E-state index in [1.807, 2.05) is 0 Å². The average molecular weight is 436 g/mol. The summed E-state index contributed by atoms with van der Waals surface area (Å²) >= 11 is 0. The zero-order valence-electron chi connectivity index (χ0n) is 14.7. The third kappa shape index (κ3) is 3.59. The summed E-state index contributed by atoms with van der Waals surface area (Å²) in [6.45, 7) is 0. The number of ether oxygens (including phenoxy) is 2. The summed E-state index contributed by atoms with van der Waals surface area (Å²) in [4.78, 5) is 23.8. The lowest BCUT2D eigenvalue weighted by Gasteiger charge is -2.28. The Bertz CT molecular complexity index is 985. The van der Waals surface area contributed by atoms with Crippen LogP contribution >= 0.6 is 0 Å². The Morgan fingerprint density at radius 1 is 0.933 bits per heavy atom. The summed E-state index contributed by atoms with van der Waals surface area (Å²) < 4.78 is 100.0. The molecule has 0 aromatic heterocycles. The molecule has 0 radical (unpaired) electrons. The van der Waals surface area contributed by atoms with Crippen molar-refractivity contribution in [2.75, 3.05) is 0 Å². The number of Topliss-reactive ketones (excluding diaryl/α,β-unsaturated/α-hetero) is 1. The molecule has 1 aliphatic heterocycles. The fourth-order valence-corrected chi connectivity index (χ4v) is 2.76. The van der Waals surface area contributed by atoms with Gasteiger partial charge in [0, 0.05) is 5.56 Å². The van der Waals surface area contributed by atoms with Gasteiger partial charge in [-0.1, -0.05) is 30.3 Å². The van der Waals surface area contributed by atoms with Crippen molar-refractivity contribution in [1.29, 1.82) is 0 Å². The van der Waals surface area contributed by atoms with Crippen LogP contribution in [0.2, 0.25) is 0 Å². The molecule has 160 valence electrons. The maximum atomic E-state index is 13.6. The van der Waals surface area contributed by atoms with Crippen molar-refractivity contribution >= 4 is 11.8 Å². The van der Waals surface area contributed by atoms with E-state index in [2.05, 4.69) is 4.74 Å². The van der Waals surface area contributed by atoms with Gasteiger partial charge in [-0.3, -0.25) is 4.79 Å². The highest BCUT2D eigenvalue weighted by atomic mass is 19.4. The van der Waals surface area contributed by atoms with Crippen LogP contribution in [0.5, 0.6) is 11.5 Å². The van der Waals surface area contributed by atoms with Crippen LogP contribution in [0.15, 0.2) is 48.5 Å². The van der Waals surface area contributed by atoms with E-state index in [1.165, 1.54) is 30.3 Å². The van der Waals surface area contributed by atoms with Crippen molar-refractivity contribution in [3.63, 3.8) is 0 Å². The molecule has 1 atom stereocenters. The second kappa shape index (κ2) is 7.29. The first-order valence-corrected chi connectivity index (χ1v) is 8.28. The summed E-state index contributed by atoms with van der Waals surface area (Å²) in [6.07, 6.45) is -8.13. The van der Waals surface area contributed by atoms with Gasteiger partial charge in [-0.2, -0.15) is 30.7 Å². The molecule has 11 heteroatoms. The minimum Gasteiger partial charge on any atom is -0.484 e. The van der Waals surface area contributed by atoms with Crippen molar-refractivity contribution in [2.45, 2.75) is 30.5 Å². The van der Waals surface area contributed by atoms with E-state index in [0.29, 0.717) is 0 Å². The number of ketones is 1. The lowest BCUT2D eigenvalue weighted by Crippen LogP contribution is -2.57. The molecule has 4 nitrogen and oxygen atoms in total. The normalized spacial score (nSPS) is 17.2. The number of carbonyl (C=O) groups is 2. The number of carbonyl (C=O) groups excluding carboxylic acids is 2. The van der Waals surface area contributed by atoms with Crippen molar-refractivity contribution in [1.82, 2.24) is 0 Å². The number of para-hydroxylation sites is 2. The van der Waals surface area contributed by atoms with Crippen LogP contribution in [0, 0.1) is 0 Å². The Hall–Kier alpha value is -3.11. The van der Waals surface area contributed by atoms with Crippen LogP contribution < -0.4 is 9.47 Å². The predicted molar refractivity (Wildman–Crippen MR) is 86.8 cm³/mol. The molecule has 3 rings (SSSR count). The summed E-state index contributed by atoms with van der Waals surface area (Å²) in [5, 5.41) is 0. The van der Waals surface area contributed by atoms with E-state index >= 15 is 0 Å². The van der Waals surface area contributed by atoms with Crippen LogP contribution in [0.25, 0.3) is 0 Å². The van der Waals surface area contributed by atoms with Gasteiger partial charge in [0.05, 0.1) is 12.0 Å². The van der Waals surface area contributed by atoms with Gasteiger partial charge in [-0.25, -0.2) is 4.79 Å². The highest BCUT2D eigenvalue weighted by molar-refractivity contribution is 6.00. The molecule has 0 amide bonds. The maximum absolute atomic E-state index is 13.6. The standard InChI is InChI=1S/C19H11F7O4/c20-17(21,18(22,23)19(24,25)26)16(28)30-14-8-4-2-6-11(14)15-9-12(27)10-5-1-3-7-13(10)29-15/h1-8,15H,9H2. The summed E-state index contributed by atoms with van der Waals surface area (Å²) in [5.41, 5.74) is 0.0967. The topological polar surface area (TPSA) is 52.6 Å². The number of esters is 1. The van der Waals surface area contributed by atoms with E-state index in [0.717, 1.165) is 6.07 Å². The summed E-state index contributed by atoms with van der Waals surface area (Å²) in [7, 11) is 0. The molecule has 0 saturated carbocycles. The van der Waals surface area contributed by atoms with Gasteiger partial charge in [-0.15, -0.1) is 0 Å². The van der Waals surface area contributed by atoms with Crippen LogP contribution in [0.1, 0.15) is 28.4 Å². The van der Waals surface area contributed by atoms with Crippen molar-refractivity contribution in [3.8, 4) is 11.5 Å². The van der Waals surface area contributed by atoms with Gasteiger partial charge in [0.15, 0.2) is 5.78 Å². The Morgan fingerprint density at radius 3 is 2.20 bits per heavy atom. The highest BCUT2D eigenvalue weighted by Crippen LogP contribution is 2.47. The fraction of sp³-hybridized carbons (Fsp3) is 0.263. The number of rotatable bonds is 4. The molecule has 0 bridgehead atoms. The molecule has 0 fully saturated rings. The predicted octanol–water partition coefficient (Wildman–Crippen LogP) is 5.13. The number of hydrogen-bond donors (Lipinski definition) is 0. The quantitative estimate of drug-likeness (QED) is 0.379. The number of benzene rings is 2. The molecule has 0 spiro atoms. The average Bonchev–Trinajstić information content (AvgIpc) is 2.67. The SMILES string of the molecule is O=C1CC(c2ccccc2OC(=O)C(F)(F)C(F)(F)C(F)(F)F)Oc2ccccc21. The number of alkyl halides is 7. The van der Waals surface area contributed by atoms with Gasteiger partial charge in [0.2, 0.25) is 0 Å². The van der Waals surface area contributed by atoms with Crippen molar-refractivity contribution in [3.05, 3.63) is 59.7 Å². The molecule has 30 heavy (non-hydrogen) atoms. The first-order chi connectivity index (χ1) is 13.9. The van der Waals surface area contributed by atoms with Gasteiger partial charge in [0.1, 0.15) is 17.6 Å². The smallest absolute Gasteiger partial charge is 0.460 e. The summed E-state index contributed by atoms with van der Waals surface area (Å²) in [5.74, 6) is -16.9. The van der Waals surface area contributed by atoms with E-state index in [1.54, 1.807) is 12.1 Å². The molecule has 2 aromatic rings. The van der Waals surface area contributed by atoms with Crippen molar-refractivity contribution in [2.24, 2.45) is 0 Å². The first kappa shape index (κ1) is 21.6. The molecular formula is C19H11F7O4. The van der Waals surface area contributed by atoms with Gasteiger partial charge < -0.3 is 9.47 Å². The second-order valence-electron chi connectivity index (χ2n) is 6.30. The van der Waals surface area contributed by atoms with Gasteiger partial charge in [-0.05, 0) is 18.2 Å². The number of halogens is 7. The second-order valence-corrected chi connectivity index (χ2v) is 6.30. The molecular weight excluding hydrogens is 425 g/mol. The monoisotopic (exact) mass is 436 g/mol. The zero-order valence-corrected chi connectivity index (χ0v) is 14.7. The lowest BCUT2D eigenvalue weighted by molar-refractivity contribution is -0.346. The number of hydrogen-bond acceptors (Lipinski definition) is 4. The fourth-order valence-electron chi connectivity index (χ4n) is 2.76. The van der Waals surface area contributed by atoms with E-state index < -0.39 is 41.6 Å². The Kier molecular flexibility index (Phi) is 5.25. The molecule has 1 unspecified atom stereocenters. The Morgan fingerprint density at radius 2 is 1.53 bits per heavy atom. The largest absolute Gasteiger partial charge is 0.484 e. The molecule has 0 aliphatic carbocycles. The van der Waals surface area contributed by atoms with Crippen LogP contribution in [-0.2, 0) is 4.79 Å². The minimum atomic E-state index is -6.68. The number of fused-ring (bicyclic) bond motifs is 1. The van der Waals surface area contributed by atoms with E-state index in [-0.39, 0.29) is 23.3 Å². The molecule has 1 heterocycles. The zero-order chi connectivity index (χ0) is 22.3. The molecule has 0 N–H and O–H groups in total. The lowest BCUT2D eigenvalue weighted by atomic mass is 9.96. The Labute approximate surface area is 164 Å². The highest BCUT2D eigenvalue weighted by Gasteiger charge is 2.77. The third-order valence-corrected chi connectivity index (χ3v) is 4.30. The first-order valence-electron chi connectivity index (χ1n) is 8.28. The molecule has 0 saturated heterocycles. The summed E-state index contributed by atoms with van der Waals surface area (Å²) in [6, 6.07) is 10.7. The van der Waals surface area contributed by atoms with Crippen molar-refractivity contribution < 1.29 is 49.8 Å². The van der Waals surface area contributed by atoms with Crippen LogP contribution in [-0.4, -0.2) is 29.8 Å². The van der Waals surface area contributed by atoms with E-state index in [9.17, 15) is 40.3 Å². The minimum absolute atomic E-state index is 0.147. The van der Waals surface area contributed by atoms with E-state index in [4.69, 9.17) is 4.74 Å². The maximum Gasteiger partial charge on any atom is 0.460 e. The molecule has 1 aliphatic rings. The third-order valence-electron chi connectivity index (χ3n) is 4.30. The van der Waals surface area contributed by atoms with Crippen LogP contribution in [0.3, 0.4) is 0 Å². The van der Waals surface area contributed by atoms with Gasteiger partial charge in [0.25, 0.3) is 0 Å².